The Morgan fingerprint density at radius 3 is 2.08 bits per heavy atom. The zero-order valence-electron chi connectivity index (χ0n) is 13.8. The third-order valence-electron chi connectivity index (χ3n) is 3.93. The fourth-order valence-electron chi connectivity index (χ4n) is 2.48. The number of benzene rings is 2. The molecule has 0 N–H and O–H groups in total. The van der Waals surface area contributed by atoms with Gasteiger partial charge in [0.05, 0.1) is 12.8 Å². The fraction of sp³-hybridized carbons (Fsp3) is 0.158. The van der Waals surface area contributed by atoms with Gasteiger partial charge < -0.3 is 9.57 Å². The lowest BCUT2D eigenvalue weighted by atomic mass is 9.98. The maximum atomic E-state index is 12.4. The summed E-state index contributed by atoms with van der Waals surface area (Å²) >= 11 is 3.29. The van der Waals surface area contributed by atoms with Crippen LogP contribution in [-0.4, -0.2) is 36.5 Å². The zero-order valence-corrected chi connectivity index (χ0v) is 15.4. The number of halogens is 1. The molecule has 26 heavy (non-hydrogen) atoms. The van der Waals surface area contributed by atoms with Crippen molar-refractivity contribution in [3.05, 3.63) is 69.7 Å². The van der Waals surface area contributed by atoms with Crippen molar-refractivity contribution in [3.63, 3.8) is 0 Å². The maximum Gasteiger partial charge on any atom is 0.350 e. The van der Waals surface area contributed by atoms with Gasteiger partial charge in [0.25, 0.3) is 0 Å². The van der Waals surface area contributed by atoms with Crippen molar-refractivity contribution in [2.75, 3.05) is 7.11 Å². The first-order valence-electron chi connectivity index (χ1n) is 7.75. The first-order chi connectivity index (χ1) is 12.5. The molecular formula is C19H14BrNO5. The van der Waals surface area contributed by atoms with Gasteiger partial charge in [0, 0.05) is 22.0 Å². The van der Waals surface area contributed by atoms with E-state index in [-0.39, 0.29) is 12.0 Å². The van der Waals surface area contributed by atoms with E-state index in [4.69, 9.17) is 4.84 Å². The van der Waals surface area contributed by atoms with E-state index in [2.05, 4.69) is 25.8 Å². The third-order valence-corrected chi connectivity index (χ3v) is 4.45. The molecule has 2 aromatic carbocycles. The number of rotatable bonds is 5. The molecule has 0 saturated carbocycles. The highest BCUT2D eigenvalue weighted by molar-refractivity contribution is 9.10. The molecule has 6 nitrogen and oxygen atoms in total. The Bertz CT molecular complexity index is 887. The Labute approximate surface area is 157 Å². The van der Waals surface area contributed by atoms with Gasteiger partial charge >= 0.3 is 5.97 Å². The van der Waals surface area contributed by atoms with E-state index in [9.17, 15) is 14.4 Å². The number of carbonyl (C=O) groups excluding carboxylic acids is 3. The monoisotopic (exact) mass is 415 g/mol. The lowest BCUT2D eigenvalue weighted by molar-refractivity contribution is -0.152. The van der Waals surface area contributed by atoms with Crippen LogP contribution in [0.25, 0.3) is 0 Å². The number of carbonyl (C=O) groups is 3. The van der Waals surface area contributed by atoms with Crippen LogP contribution in [0.5, 0.6) is 0 Å². The molecule has 0 saturated heterocycles. The van der Waals surface area contributed by atoms with Crippen LogP contribution in [0.15, 0.2) is 58.2 Å². The Morgan fingerprint density at radius 2 is 1.54 bits per heavy atom. The summed E-state index contributed by atoms with van der Waals surface area (Å²) in [6.07, 6.45) is -0.465. The predicted molar refractivity (Wildman–Crippen MR) is 97.3 cm³/mol. The number of methoxy groups -OCH3 is 1. The number of esters is 1. The average molecular weight is 416 g/mol. The minimum atomic E-state index is -0.754. The molecule has 2 aromatic rings. The van der Waals surface area contributed by atoms with Crippen molar-refractivity contribution in [1.82, 2.24) is 0 Å². The number of ether oxygens (including phenoxy) is 1. The van der Waals surface area contributed by atoms with E-state index in [1.165, 1.54) is 7.11 Å². The molecule has 0 fully saturated rings. The van der Waals surface area contributed by atoms with Crippen molar-refractivity contribution in [1.29, 1.82) is 0 Å². The van der Waals surface area contributed by atoms with E-state index in [1.54, 1.807) is 48.5 Å². The van der Waals surface area contributed by atoms with Crippen LogP contribution in [0.4, 0.5) is 0 Å². The molecule has 132 valence electrons. The summed E-state index contributed by atoms with van der Waals surface area (Å²) in [4.78, 5) is 41.2. The molecule has 1 heterocycles. The second kappa shape index (κ2) is 7.61. The molecule has 0 bridgehead atoms. The maximum absolute atomic E-state index is 12.4. The molecule has 0 amide bonds. The first kappa shape index (κ1) is 18.0. The van der Waals surface area contributed by atoms with Crippen LogP contribution in [0, 0.1) is 0 Å². The van der Waals surface area contributed by atoms with Gasteiger partial charge in [-0.25, -0.2) is 4.79 Å². The van der Waals surface area contributed by atoms with E-state index in [0.29, 0.717) is 16.8 Å². The van der Waals surface area contributed by atoms with Crippen LogP contribution in [0.1, 0.15) is 32.7 Å². The van der Waals surface area contributed by atoms with Crippen molar-refractivity contribution >= 4 is 39.2 Å². The number of nitrogens with zero attached hydrogens (tertiary/aromatic N) is 1. The highest BCUT2D eigenvalue weighted by Gasteiger charge is 2.29. The molecule has 1 aliphatic heterocycles. The van der Waals surface area contributed by atoms with Crippen LogP contribution in [0.3, 0.4) is 0 Å². The highest BCUT2D eigenvalue weighted by Crippen LogP contribution is 2.19. The second-order valence-electron chi connectivity index (χ2n) is 5.60. The molecule has 3 rings (SSSR count). The van der Waals surface area contributed by atoms with Crippen molar-refractivity contribution in [3.8, 4) is 0 Å². The quantitative estimate of drug-likeness (QED) is 0.425. The number of ketones is 2. The summed E-state index contributed by atoms with van der Waals surface area (Å²) in [5.41, 5.74) is 1.91. The standard InChI is InChI=1S/C19H14BrNO5/c1-25-19(24)16-10-15(21-26-16)11-2-4-12(5-3-11)17(22)18(23)13-6-8-14(20)9-7-13/h2-9,16H,10H2,1H3. The third kappa shape index (κ3) is 3.72. The van der Waals surface area contributed by atoms with E-state index < -0.39 is 23.6 Å². The van der Waals surface area contributed by atoms with Gasteiger partial charge in [-0.2, -0.15) is 0 Å². The smallest absolute Gasteiger partial charge is 0.350 e. The van der Waals surface area contributed by atoms with Gasteiger partial charge in [0.15, 0.2) is 0 Å². The Balaban J connectivity index is 1.71. The van der Waals surface area contributed by atoms with Crippen molar-refractivity contribution in [2.45, 2.75) is 12.5 Å². The van der Waals surface area contributed by atoms with Gasteiger partial charge in [-0.1, -0.05) is 45.4 Å². The van der Waals surface area contributed by atoms with Gasteiger partial charge in [-0.05, 0) is 29.8 Å². The number of hydrogen-bond donors (Lipinski definition) is 0. The SMILES string of the molecule is COC(=O)C1CC(c2ccc(C(=O)C(=O)c3ccc(Br)cc3)cc2)=NO1. The largest absolute Gasteiger partial charge is 0.466 e. The average Bonchev–Trinajstić information content (AvgIpc) is 3.17. The minimum Gasteiger partial charge on any atom is -0.466 e. The van der Waals surface area contributed by atoms with Crippen LogP contribution in [-0.2, 0) is 14.4 Å². The van der Waals surface area contributed by atoms with Gasteiger partial charge in [-0.15, -0.1) is 0 Å². The summed E-state index contributed by atoms with van der Waals surface area (Å²) in [7, 11) is 1.28. The number of oxime groups is 1. The first-order valence-corrected chi connectivity index (χ1v) is 8.54. The molecule has 7 heteroatoms. The molecule has 0 spiro atoms. The van der Waals surface area contributed by atoms with Crippen molar-refractivity contribution in [2.24, 2.45) is 5.16 Å². The van der Waals surface area contributed by atoms with Crippen LogP contribution >= 0.6 is 15.9 Å². The molecule has 0 radical (unpaired) electrons. The predicted octanol–water partition coefficient (Wildman–Crippen LogP) is 3.18. The highest BCUT2D eigenvalue weighted by atomic mass is 79.9. The molecule has 1 aliphatic rings. The normalized spacial score (nSPS) is 15.8. The molecule has 1 atom stereocenters. The molecule has 0 aliphatic carbocycles. The Hall–Kier alpha value is -2.80. The Morgan fingerprint density at radius 1 is 1.00 bits per heavy atom. The van der Waals surface area contributed by atoms with E-state index in [1.807, 2.05) is 0 Å². The summed E-state index contributed by atoms with van der Waals surface area (Å²) in [6.45, 7) is 0. The lowest BCUT2D eigenvalue weighted by Crippen LogP contribution is -2.22. The minimum absolute atomic E-state index is 0.283. The second-order valence-corrected chi connectivity index (χ2v) is 6.52. The van der Waals surface area contributed by atoms with Gasteiger partial charge in [0.2, 0.25) is 17.7 Å². The summed E-state index contributed by atoms with van der Waals surface area (Å²) in [5, 5.41) is 3.88. The van der Waals surface area contributed by atoms with Crippen LogP contribution < -0.4 is 0 Å². The molecule has 1 unspecified atom stereocenters. The zero-order chi connectivity index (χ0) is 18.7. The van der Waals surface area contributed by atoms with E-state index >= 15 is 0 Å². The summed E-state index contributed by atoms with van der Waals surface area (Å²) in [5.74, 6) is -1.65. The Kier molecular flexibility index (Phi) is 5.27. The molecule has 0 aromatic heterocycles. The van der Waals surface area contributed by atoms with Gasteiger partial charge in [-0.3, -0.25) is 9.59 Å². The summed E-state index contributed by atoms with van der Waals surface area (Å²) < 4.78 is 5.45. The summed E-state index contributed by atoms with van der Waals surface area (Å²) in [6, 6.07) is 13.1. The fourth-order valence-corrected chi connectivity index (χ4v) is 2.75. The molecular weight excluding hydrogens is 402 g/mol. The van der Waals surface area contributed by atoms with Crippen LogP contribution in [0.2, 0.25) is 0 Å². The van der Waals surface area contributed by atoms with Crippen molar-refractivity contribution < 1.29 is 24.0 Å². The lowest BCUT2D eigenvalue weighted by Gasteiger charge is -2.05. The van der Waals surface area contributed by atoms with Gasteiger partial charge in [0.1, 0.15) is 0 Å². The number of hydrogen-bond acceptors (Lipinski definition) is 6. The number of Topliss-reactive ketones (excluding diaryl/α,β-unsaturated/α-hetero) is 2. The topological polar surface area (TPSA) is 82.0 Å². The van der Waals surface area contributed by atoms with E-state index in [0.717, 1.165) is 4.47 Å².